The Hall–Kier alpha value is -2.41. The van der Waals surface area contributed by atoms with Gasteiger partial charge >= 0.3 is 5.82 Å². The molecular formula is C12H11ClN4O3. The third kappa shape index (κ3) is 3.12. The normalized spacial score (nSPS) is 10.1. The van der Waals surface area contributed by atoms with E-state index in [-0.39, 0.29) is 18.2 Å². The molecule has 0 bridgehead atoms. The Bertz CT molecular complexity index is 636. The average molecular weight is 295 g/mol. The van der Waals surface area contributed by atoms with Crippen LogP contribution < -0.4 is 10.1 Å². The summed E-state index contributed by atoms with van der Waals surface area (Å²) in [6.07, 6.45) is 1.33. The molecule has 0 amide bonds. The second-order valence-corrected chi connectivity index (χ2v) is 4.15. The molecule has 0 atom stereocenters. The molecular weight excluding hydrogens is 284 g/mol. The average Bonchev–Trinajstić information content (AvgIpc) is 2.46. The zero-order chi connectivity index (χ0) is 14.5. The molecule has 0 radical (unpaired) electrons. The Morgan fingerprint density at radius 1 is 1.45 bits per heavy atom. The van der Waals surface area contributed by atoms with Crippen molar-refractivity contribution in [3.05, 3.63) is 51.3 Å². The third-order valence-corrected chi connectivity index (χ3v) is 2.81. The van der Waals surface area contributed by atoms with E-state index in [1.165, 1.54) is 12.3 Å². The summed E-state index contributed by atoms with van der Waals surface area (Å²) in [5.41, 5.74) is 0.483. The summed E-state index contributed by atoms with van der Waals surface area (Å²) < 4.78 is 5.39. The Labute approximate surface area is 119 Å². The Kier molecular flexibility index (Phi) is 4.31. The molecule has 0 aliphatic carbocycles. The van der Waals surface area contributed by atoms with Crippen LogP contribution in [0.25, 0.3) is 0 Å². The highest BCUT2D eigenvalue weighted by Gasteiger charge is 2.16. The molecule has 0 aliphatic heterocycles. The van der Waals surface area contributed by atoms with Crippen molar-refractivity contribution >= 4 is 23.2 Å². The molecule has 2 rings (SSSR count). The van der Waals surface area contributed by atoms with Crippen LogP contribution in [-0.2, 0) is 6.61 Å². The van der Waals surface area contributed by atoms with Crippen molar-refractivity contribution in [2.24, 2.45) is 0 Å². The summed E-state index contributed by atoms with van der Waals surface area (Å²) in [6.45, 7) is 0.0148. The highest BCUT2D eigenvalue weighted by molar-refractivity contribution is 6.31. The van der Waals surface area contributed by atoms with Crippen molar-refractivity contribution in [1.29, 1.82) is 0 Å². The number of aromatic nitrogens is 2. The molecule has 1 N–H and O–H groups in total. The summed E-state index contributed by atoms with van der Waals surface area (Å²) in [4.78, 5) is 18.1. The summed E-state index contributed by atoms with van der Waals surface area (Å²) in [5.74, 6) is 0.368. The molecule has 0 saturated carbocycles. The number of halogens is 1. The van der Waals surface area contributed by atoms with E-state index in [9.17, 15) is 10.1 Å². The van der Waals surface area contributed by atoms with Crippen LogP contribution in [0.5, 0.6) is 5.75 Å². The Morgan fingerprint density at radius 3 is 2.95 bits per heavy atom. The minimum absolute atomic E-state index is 0.0148. The maximum absolute atomic E-state index is 10.8. The zero-order valence-electron chi connectivity index (χ0n) is 10.5. The second kappa shape index (κ2) is 6.16. The van der Waals surface area contributed by atoms with Gasteiger partial charge in [-0.2, -0.15) is 0 Å². The first-order valence-corrected chi connectivity index (χ1v) is 6.05. The number of nitro groups is 1. The monoisotopic (exact) mass is 294 g/mol. The molecule has 0 aliphatic rings. The predicted molar refractivity (Wildman–Crippen MR) is 74.0 cm³/mol. The van der Waals surface area contributed by atoms with Crippen molar-refractivity contribution in [3.8, 4) is 5.75 Å². The van der Waals surface area contributed by atoms with Crippen molar-refractivity contribution < 1.29 is 9.66 Å². The van der Waals surface area contributed by atoms with Crippen molar-refractivity contribution in [2.45, 2.75) is 6.61 Å². The van der Waals surface area contributed by atoms with Gasteiger partial charge in [0.05, 0.1) is 10.7 Å². The largest absolute Gasteiger partial charge is 0.479 e. The first-order valence-electron chi connectivity index (χ1n) is 5.67. The van der Waals surface area contributed by atoms with Gasteiger partial charge in [-0.15, -0.1) is 0 Å². The molecule has 7 nitrogen and oxygen atoms in total. The number of pyridine rings is 2. The van der Waals surface area contributed by atoms with Gasteiger partial charge in [0, 0.05) is 7.05 Å². The van der Waals surface area contributed by atoms with Gasteiger partial charge in [0.2, 0.25) is 5.75 Å². The lowest BCUT2D eigenvalue weighted by Gasteiger charge is -2.08. The molecule has 20 heavy (non-hydrogen) atoms. The lowest BCUT2D eigenvalue weighted by Crippen LogP contribution is -2.04. The van der Waals surface area contributed by atoms with Gasteiger partial charge in [-0.3, -0.25) is 0 Å². The first-order chi connectivity index (χ1) is 9.61. The van der Waals surface area contributed by atoms with Crippen LogP contribution in [-0.4, -0.2) is 21.9 Å². The Morgan fingerprint density at radius 2 is 2.25 bits per heavy atom. The molecule has 0 aromatic carbocycles. The van der Waals surface area contributed by atoms with Crippen LogP contribution in [0.15, 0.2) is 30.5 Å². The smallest absolute Gasteiger partial charge is 0.406 e. The van der Waals surface area contributed by atoms with E-state index in [0.717, 1.165) is 0 Å². The van der Waals surface area contributed by atoms with Gasteiger partial charge in [-0.25, -0.2) is 4.98 Å². The SMILES string of the molecule is CNc1ccc(Cl)c(COc2cccnc2[N+](=O)[O-])n1. The van der Waals surface area contributed by atoms with Gasteiger partial charge in [-0.05, 0) is 34.2 Å². The maximum Gasteiger partial charge on any atom is 0.406 e. The molecule has 0 fully saturated rings. The van der Waals surface area contributed by atoms with E-state index >= 15 is 0 Å². The number of ether oxygens (including phenoxy) is 1. The first kappa shape index (κ1) is 14.0. The number of hydrogen-bond acceptors (Lipinski definition) is 6. The zero-order valence-corrected chi connectivity index (χ0v) is 11.3. The molecule has 2 aromatic rings. The summed E-state index contributed by atoms with van der Waals surface area (Å²) in [5, 5.41) is 14.1. The molecule has 0 saturated heterocycles. The van der Waals surface area contributed by atoms with E-state index in [2.05, 4.69) is 15.3 Å². The van der Waals surface area contributed by atoms with Crippen LogP contribution in [0.2, 0.25) is 5.02 Å². The van der Waals surface area contributed by atoms with Gasteiger partial charge in [0.15, 0.2) is 0 Å². The lowest BCUT2D eigenvalue weighted by molar-refractivity contribution is -0.390. The van der Waals surface area contributed by atoms with Crippen molar-refractivity contribution in [2.75, 3.05) is 12.4 Å². The Balaban J connectivity index is 2.19. The highest BCUT2D eigenvalue weighted by atomic mass is 35.5. The maximum atomic E-state index is 10.8. The molecule has 2 heterocycles. The molecule has 2 aromatic heterocycles. The van der Waals surface area contributed by atoms with Gasteiger partial charge < -0.3 is 20.2 Å². The van der Waals surface area contributed by atoms with Crippen LogP contribution in [0.3, 0.4) is 0 Å². The number of hydrogen-bond donors (Lipinski definition) is 1. The summed E-state index contributed by atoms with van der Waals surface area (Å²) in [7, 11) is 1.73. The van der Waals surface area contributed by atoms with Crippen molar-refractivity contribution in [1.82, 2.24) is 9.97 Å². The highest BCUT2D eigenvalue weighted by Crippen LogP contribution is 2.25. The standard InChI is InChI=1S/C12H11ClN4O3/c1-14-11-5-4-8(13)9(16-11)7-20-10-3-2-6-15-12(10)17(18)19/h2-6H,7H2,1H3,(H,14,16). The van der Waals surface area contributed by atoms with Gasteiger partial charge in [0.1, 0.15) is 18.6 Å². The van der Waals surface area contributed by atoms with Gasteiger partial charge in [-0.1, -0.05) is 11.6 Å². The fourth-order valence-electron chi connectivity index (χ4n) is 1.50. The van der Waals surface area contributed by atoms with E-state index < -0.39 is 4.92 Å². The predicted octanol–water partition coefficient (Wildman–Crippen LogP) is 2.66. The van der Waals surface area contributed by atoms with Gasteiger partial charge in [0.25, 0.3) is 0 Å². The fourth-order valence-corrected chi connectivity index (χ4v) is 1.66. The molecule has 0 spiro atoms. The van der Waals surface area contributed by atoms with E-state index in [1.54, 1.807) is 25.2 Å². The third-order valence-electron chi connectivity index (χ3n) is 2.46. The number of anilines is 1. The summed E-state index contributed by atoms with van der Waals surface area (Å²) >= 11 is 6.00. The van der Waals surface area contributed by atoms with Crippen LogP contribution in [0, 0.1) is 10.1 Å². The van der Waals surface area contributed by atoms with Crippen LogP contribution in [0.4, 0.5) is 11.6 Å². The number of nitrogens with zero attached hydrogens (tertiary/aromatic N) is 3. The second-order valence-electron chi connectivity index (χ2n) is 3.75. The van der Waals surface area contributed by atoms with Crippen LogP contribution >= 0.6 is 11.6 Å². The minimum Gasteiger partial charge on any atom is -0.479 e. The van der Waals surface area contributed by atoms with E-state index in [0.29, 0.717) is 16.5 Å². The lowest BCUT2D eigenvalue weighted by atomic mass is 10.3. The number of nitrogens with one attached hydrogen (secondary N) is 1. The minimum atomic E-state index is -0.603. The topological polar surface area (TPSA) is 90.2 Å². The summed E-state index contributed by atoms with van der Waals surface area (Å²) in [6, 6.07) is 6.43. The van der Waals surface area contributed by atoms with E-state index in [1.807, 2.05) is 0 Å². The fraction of sp³-hybridized carbons (Fsp3) is 0.167. The molecule has 8 heteroatoms. The quantitative estimate of drug-likeness (QED) is 0.673. The van der Waals surface area contributed by atoms with Crippen molar-refractivity contribution in [3.63, 3.8) is 0 Å². The van der Waals surface area contributed by atoms with E-state index in [4.69, 9.17) is 16.3 Å². The van der Waals surface area contributed by atoms with Crippen LogP contribution in [0.1, 0.15) is 5.69 Å². The number of rotatable bonds is 5. The molecule has 104 valence electrons. The molecule has 0 unspecified atom stereocenters.